The minimum Gasteiger partial charge on any atom is -0.481 e. The second-order valence-corrected chi connectivity index (χ2v) is 10.8. The molecule has 0 spiro atoms. The van der Waals surface area contributed by atoms with Gasteiger partial charge in [-0.05, 0) is 112 Å². The zero-order chi connectivity index (χ0) is 22.5. The predicted octanol–water partition coefficient (Wildman–Crippen LogP) is 4.63. The minimum absolute atomic E-state index is 0.0747. The molecule has 0 radical (unpaired) electrons. The lowest BCUT2D eigenvalue weighted by atomic mass is 9.48. The quantitative estimate of drug-likeness (QED) is 0.690. The summed E-state index contributed by atoms with van der Waals surface area (Å²) in [6, 6.07) is 8.67. The van der Waals surface area contributed by atoms with Crippen LogP contribution in [0.2, 0.25) is 0 Å². The van der Waals surface area contributed by atoms with E-state index in [1.165, 1.54) is 49.7 Å². The van der Waals surface area contributed by atoms with E-state index in [2.05, 4.69) is 41.6 Å². The molecule has 1 aromatic heterocycles. The van der Waals surface area contributed by atoms with Crippen molar-refractivity contribution < 1.29 is 9.53 Å². The van der Waals surface area contributed by atoms with Gasteiger partial charge in [0.2, 0.25) is 0 Å². The van der Waals surface area contributed by atoms with Crippen LogP contribution >= 0.6 is 0 Å². The lowest BCUT2D eigenvalue weighted by molar-refractivity contribution is -0.127. The number of hydrogen-bond acceptors (Lipinski definition) is 3. The van der Waals surface area contributed by atoms with E-state index in [9.17, 15) is 4.79 Å². The van der Waals surface area contributed by atoms with E-state index in [0.717, 1.165) is 41.3 Å². The van der Waals surface area contributed by atoms with Crippen LogP contribution in [0, 0.1) is 31.6 Å². The fourth-order valence-corrected chi connectivity index (χ4v) is 7.24. The lowest BCUT2D eigenvalue weighted by Gasteiger charge is -2.57. The maximum absolute atomic E-state index is 12.6. The number of benzene rings is 1. The van der Waals surface area contributed by atoms with E-state index < -0.39 is 6.10 Å². The van der Waals surface area contributed by atoms with Crippen LogP contribution < -0.4 is 10.1 Å². The Morgan fingerprint density at radius 1 is 1.12 bits per heavy atom. The second-order valence-electron chi connectivity index (χ2n) is 10.8. The van der Waals surface area contributed by atoms with Gasteiger partial charge in [-0.25, -0.2) is 0 Å². The molecule has 5 nitrogen and oxygen atoms in total. The molecule has 4 bridgehead atoms. The molecule has 5 heteroatoms. The zero-order valence-electron chi connectivity index (χ0n) is 20.0. The van der Waals surface area contributed by atoms with Crippen LogP contribution in [0.4, 0.5) is 0 Å². The Labute approximate surface area is 191 Å². The van der Waals surface area contributed by atoms with Gasteiger partial charge < -0.3 is 10.1 Å². The van der Waals surface area contributed by atoms with Crippen LogP contribution in [0.25, 0.3) is 0 Å². The molecule has 1 unspecified atom stereocenters. The summed E-state index contributed by atoms with van der Waals surface area (Å²) in [6.45, 7) is 6.49. The zero-order valence-corrected chi connectivity index (χ0v) is 20.0. The number of ether oxygens (including phenoxy) is 1. The molecule has 1 amide bonds. The van der Waals surface area contributed by atoms with Crippen molar-refractivity contribution in [1.29, 1.82) is 0 Å². The number of aryl methyl sites for hydroxylation is 2. The van der Waals surface area contributed by atoms with E-state index >= 15 is 0 Å². The molecule has 0 aliphatic heterocycles. The molecule has 4 fully saturated rings. The number of nitrogens with one attached hydrogen (secondary N) is 1. The SMILES string of the molecule is Cc1nn(C)c(C)c1CCNC(=O)C(C)Oc1ccc(C23CC4CC(CC(C4)C2)C3)cc1. The first-order valence-electron chi connectivity index (χ1n) is 12.4. The second kappa shape index (κ2) is 8.24. The lowest BCUT2D eigenvalue weighted by Crippen LogP contribution is -2.48. The summed E-state index contributed by atoms with van der Waals surface area (Å²) in [5.41, 5.74) is 5.28. The van der Waals surface area contributed by atoms with Gasteiger partial charge in [-0.15, -0.1) is 0 Å². The Morgan fingerprint density at radius 3 is 2.25 bits per heavy atom. The summed E-state index contributed by atoms with van der Waals surface area (Å²) in [6.07, 6.45) is 8.77. The topological polar surface area (TPSA) is 56.2 Å². The summed E-state index contributed by atoms with van der Waals surface area (Å²) in [4.78, 5) is 12.6. The highest BCUT2D eigenvalue weighted by molar-refractivity contribution is 5.80. The largest absolute Gasteiger partial charge is 0.481 e. The summed E-state index contributed by atoms with van der Waals surface area (Å²) in [5, 5.41) is 7.46. The van der Waals surface area contributed by atoms with E-state index in [1.54, 1.807) is 0 Å². The molecule has 172 valence electrons. The fourth-order valence-electron chi connectivity index (χ4n) is 7.24. The maximum atomic E-state index is 12.6. The van der Waals surface area contributed by atoms with Gasteiger partial charge in [0.05, 0.1) is 5.69 Å². The van der Waals surface area contributed by atoms with Gasteiger partial charge in [0.1, 0.15) is 5.75 Å². The third kappa shape index (κ3) is 3.95. The van der Waals surface area contributed by atoms with Gasteiger partial charge in [-0.3, -0.25) is 9.48 Å². The van der Waals surface area contributed by atoms with Gasteiger partial charge in [0.25, 0.3) is 5.91 Å². The van der Waals surface area contributed by atoms with Gasteiger partial charge in [-0.2, -0.15) is 5.10 Å². The molecule has 1 N–H and O–H groups in total. The third-order valence-electron chi connectivity index (χ3n) is 8.52. The van der Waals surface area contributed by atoms with Gasteiger partial charge in [0.15, 0.2) is 6.10 Å². The smallest absolute Gasteiger partial charge is 0.260 e. The van der Waals surface area contributed by atoms with Crippen molar-refractivity contribution in [2.75, 3.05) is 6.54 Å². The number of carbonyl (C=O) groups is 1. The molecule has 1 atom stereocenters. The predicted molar refractivity (Wildman–Crippen MR) is 126 cm³/mol. The first-order valence-corrected chi connectivity index (χ1v) is 12.4. The summed E-state index contributed by atoms with van der Waals surface area (Å²) in [7, 11) is 1.95. The van der Waals surface area contributed by atoms with Crippen molar-refractivity contribution in [3.05, 3.63) is 46.8 Å². The van der Waals surface area contributed by atoms with Crippen molar-refractivity contribution in [2.24, 2.45) is 24.8 Å². The summed E-state index contributed by atoms with van der Waals surface area (Å²) in [5.74, 6) is 3.54. The van der Waals surface area contributed by atoms with Crippen molar-refractivity contribution in [2.45, 2.75) is 77.2 Å². The van der Waals surface area contributed by atoms with Crippen molar-refractivity contribution in [3.63, 3.8) is 0 Å². The highest BCUT2D eigenvalue weighted by Crippen LogP contribution is 2.60. The molecule has 4 aliphatic rings. The number of carbonyl (C=O) groups excluding carboxylic acids is 1. The highest BCUT2D eigenvalue weighted by atomic mass is 16.5. The van der Waals surface area contributed by atoms with E-state index in [4.69, 9.17) is 4.74 Å². The van der Waals surface area contributed by atoms with Crippen LogP contribution in [0.3, 0.4) is 0 Å². The molecule has 4 aliphatic carbocycles. The first kappa shape index (κ1) is 21.5. The molecule has 6 rings (SSSR count). The number of amides is 1. The minimum atomic E-state index is -0.517. The molecule has 1 heterocycles. The summed E-state index contributed by atoms with van der Waals surface area (Å²) < 4.78 is 7.87. The molecule has 1 aromatic carbocycles. The Hall–Kier alpha value is -2.30. The molecular weight excluding hydrogens is 398 g/mol. The fraction of sp³-hybridized carbons (Fsp3) is 0.630. The summed E-state index contributed by atoms with van der Waals surface area (Å²) >= 11 is 0. The molecule has 4 saturated carbocycles. The van der Waals surface area contributed by atoms with Gasteiger partial charge in [0, 0.05) is 19.3 Å². The van der Waals surface area contributed by atoms with E-state index in [0.29, 0.717) is 12.0 Å². The Balaban J connectivity index is 1.15. The molecule has 32 heavy (non-hydrogen) atoms. The monoisotopic (exact) mass is 435 g/mol. The third-order valence-corrected chi connectivity index (χ3v) is 8.52. The average Bonchev–Trinajstić information content (AvgIpc) is 2.99. The van der Waals surface area contributed by atoms with Crippen molar-refractivity contribution >= 4 is 5.91 Å². The van der Waals surface area contributed by atoms with Crippen LogP contribution in [0.5, 0.6) is 5.75 Å². The van der Waals surface area contributed by atoms with E-state index in [-0.39, 0.29) is 5.91 Å². The molecular formula is C27H37N3O2. The Bertz CT molecular complexity index is 956. The normalized spacial score (nSPS) is 29.2. The van der Waals surface area contributed by atoms with Crippen molar-refractivity contribution in [1.82, 2.24) is 15.1 Å². The van der Waals surface area contributed by atoms with Gasteiger partial charge >= 0.3 is 0 Å². The molecule has 0 saturated heterocycles. The number of nitrogens with zero attached hydrogens (tertiary/aromatic N) is 2. The van der Waals surface area contributed by atoms with Crippen LogP contribution in [-0.4, -0.2) is 28.3 Å². The number of hydrogen-bond donors (Lipinski definition) is 1. The highest BCUT2D eigenvalue weighted by Gasteiger charge is 2.51. The maximum Gasteiger partial charge on any atom is 0.260 e. The van der Waals surface area contributed by atoms with Crippen LogP contribution in [0.15, 0.2) is 24.3 Å². The van der Waals surface area contributed by atoms with Crippen LogP contribution in [-0.2, 0) is 23.7 Å². The first-order chi connectivity index (χ1) is 15.3. The Morgan fingerprint density at radius 2 is 1.72 bits per heavy atom. The van der Waals surface area contributed by atoms with E-state index in [1.807, 2.05) is 25.6 Å². The molecule has 2 aromatic rings. The number of rotatable bonds is 7. The Kier molecular flexibility index (Phi) is 5.55. The average molecular weight is 436 g/mol. The number of aromatic nitrogens is 2. The van der Waals surface area contributed by atoms with Crippen molar-refractivity contribution in [3.8, 4) is 5.75 Å². The van der Waals surface area contributed by atoms with Crippen LogP contribution in [0.1, 0.15) is 68.0 Å². The van der Waals surface area contributed by atoms with Gasteiger partial charge in [-0.1, -0.05) is 12.1 Å². The standard InChI is InChI=1S/C27H37N3O2/c1-17-25(18(2)30(4)29-17)9-10-28-26(31)19(3)32-24-7-5-23(6-8-24)27-14-20-11-21(15-27)13-22(12-20)16-27/h5-8,19-22H,9-16H2,1-4H3,(H,28,31).